The van der Waals surface area contributed by atoms with Crippen molar-refractivity contribution in [2.24, 2.45) is 11.8 Å². The van der Waals surface area contributed by atoms with Crippen molar-refractivity contribution in [1.29, 1.82) is 0 Å². The van der Waals surface area contributed by atoms with E-state index in [0.29, 0.717) is 23.3 Å². The van der Waals surface area contributed by atoms with Crippen LogP contribution in [0.15, 0.2) is 0 Å². The van der Waals surface area contributed by atoms with Crippen LogP contribution in [0.1, 0.15) is 51.9 Å². The lowest BCUT2D eigenvalue weighted by atomic mass is 9.86. The summed E-state index contributed by atoms with van der Waals surface area (Å²) in [7, 11) is -0.806. The van der Waals surface area contributed by atoms with Gasteiger partial charge in [0.15, 0.2) is 0 Å². The van der Waals surface area contributed by atoms with Gasteiger partial charge in [-0.25, -0.2) is 8.42 Å². The molecule has 0 saturated heterocycles. The standard InChI is InChI=1S/C14H29NO2S/c1-3-10-18(16,17)11-9-13-7-5-4-6-8-14(13)12-15-2/h13-15H,3-12H2,1-2H3. The lowest BCUT2D eigenvalue weighted by molar-refractivity contribution is 0.298. The van der Waals surface area contributed by atoms with E-state index >= 15 is 0 Å². The summed E-state index contributed by atoms with van der Waals surface area (Å²) in [5.41, 5.74) is 0. The highest BCUT2D eigenvalue weighted by molar-refractivity contribution is 7.91. The van der Waals surface area contributed by atoms with Gasteiger partial charge in [-0.2, -0.15) is 0 Å². The molecular formula is C14H29NO2S. The zero-order valence-corrected chi connectivity index (χ0v) is 12.8. The van der Waals surface area contributed by atoms with E-state index in [0.717, 1.165) is 19.4 Å². The van der Waals surface area contributed by atoms with Crippen LogP contribution in [0.4, 0.5) is 0 Å². The Morgan fingerprint density at radius 1 is 1.06 bits per heavy atom. The highest BCUT2D eigenvalue weighted by Gasteiger charge is 2.24. The van der Waals surface area contributed by atoms with Crippen molar-refractivity contribution in [3.05, 3.63) is 0 Å². The number of nitrogens with one attached hydrogen (secondary N) is 1. The molecule has 1 aliphatic carbocycles. The number of sulfone groups is 1. The van der Waals surface area contributed by atoms with Crippen molar-refractivity contribution < 1.29 is 8.42 Å². The molecule has 2 atom stereocenters. The zero-order valence-electron chi connectivity index (χ0n) is 12.0. The molecule has 0 aliphatic heterocycles. The Morgan fingerprint density at radius 3 is 2.33 bits per heavy atom. The minimum absolute atomic E-state index is 0.358. The van der Waals surface area contributed by atoms with Crippen LogP contribution in [0.5, 0.6) is 0 Å². The molecule has 1 saturated carbocycles. The first kappa shape index (κ1) is 16.0. The first-order chi connectivity index (χ1) is 8.59. The van der Waals surface area contributed by atoms with Gasteiger partial charge in [-0.15, -0.1) is 0 Å². The lowest BCUT2D eigenvalue weighted by Gasteiger charge is -2.24. The molecule has 1 N–H and O–H groups in total. The van der Waals surface area contributed by atoms with Crippen molar-refractivity contribution >= 4 is 9.84 Å². The normalized spacial score (nSPS) is 25.9. The molecule has 3 nitrogen and oxygen atoms in total. The number of rotatable bonds is 7. The van der Waals surface area contributed by atoms with Crippen molar-refractivity contribution in [2.45, 2.75) is 51.9 Å². The summed E-state index contributed by atoms with van der Waals surface area (Å²) in [4.78, 5) is 0. The van der Waals surface area contributed by atoms with Crippen molar-refractivity contribution in [1.82, 2.24) is 5.32 Å². The second-order valence-corrected chi connectivity index (χ2v) is 7.96. The highest BCUT2D eigenvalue weighted by atomic mass is 32.2. The molecule has 18 heavy (non-hydrogen) atoms. The summed E-state index contributed by atoms with van der Waals surface area (Å²) >= 11 is 0. The van der Waals surface area contributed by atoms with Gasteiger partial charge >= 0.3 is 0 Å². The topological polar surface area (TPSA) is 46.2 Å². The Balaban J connectivity index is 2.50. The van der Waals surface area contributed by atoms with E-state index in [-0.39, 0.29) is 0 Å². The van der Waals surface area contributed by atoms with Crippen LogP contribution in [-0.2, 0) is 9.84 Å². The van der Waals surface area contributed by atoms with E-state index in [9.17, 15) is 8.42 Å². The molecule has 1 fully saturated rings. The van der Waals surface area contributed by atoms with Crippen LogP contribution < -0.4 is 5.32 Å². The van der Waals surface area contributed by atoms with E-state index in [1.165, 1.54) is 32.1 Å². The number of hydrogen-bond acceptors (Lipinski definition) is 3. The van der Waals surface area contributed by atoms with Crippen LogP contribution in [0.3, 0.4) is 0 Å². The van der Waals surface area contributed by atoms with E-state index in [1.807, 2.05) is 14.0 Å². The first-order valence-corrected chi connectivity index (χ1v) is 9.26. The van der Waals surface area contributed by atoms with Gasteiger partial charge in [0.2, 0.25) is 0 Å². The van der Waals surface area contributed by atoms with Gasteiger partial charge in [0.25, 0.3) is 0 Å². The molecule has 0 aromatic rings. The molecule has 0 spiro atoms. The van der Waals surface area contributed by atoms with E-state index in [1.54, 1.807) is 0 Å². The average molecular weight is 275 g/mol. The molecule has 0 aromatic carbocycles. The minimum Gasteiger partial charge on any atom is -0.319 e. The van der Waals surface area contributed by atoms with Gasteiger partial charge in [0.05, 0.1) is 5.75 Å². The maximum Gasteiger partial charge on any atom is 0.150 e. The Hall–Kier alpha value is -0.0900. The third kappa shape index (κ3) is 5.70. The monoisotopic (exact) mass is 275 g/mol. The molecule has 0 bridgehead atoms. The Labute approximate surface area is 113 Å². The molecule has 108 valence electrons. The second kappa shape index (κ2) is 8.16. The van der Waals surface area contributed by atoms with Gasteiger partial charge < -0.3 is 5.32 Å². The summed E-state index contributed by atoms with van der Waals surface area (Å²) in [6, 6.07) is 0. The molecule has 0 heterocycles. The van der Waals surface area contributed by atoms with Gasteiger partial charge in [0.1, 0.15) is 9.84 Å². The van der Waals surface area contributed by atoms with E-state index < -0.39 is 9.84 Å². The fourth-order valence-electron chi connectivity index (χ4n) is 3.12. The summed E-state index contributed by atoms with van der Waals surface area (Å²) in [6.07, 6.45) is 8.00. The predicted molar refractivity (Wildman–Crippen MR) is 77.6 cm³/mol. The average Bonchev–Trinajstić information content (AvgIpc) is 2.53. The largest absolute Gasteiger partial charge is 0.319 e. The minimum atomic E-state index is -2.80. The third-order valence-corrected chi connectivity index (χ3v) is 5.99. The van der Waals surface area contributed by atoms with Crippen molar-refractivity contribution in [3.8, 4) is 0 Å². The maximum atomic E-state index is 11.8. The van der Waals surface area contributed by atoms with Crippen molar-refractivity contribution in [2.75, 3.05) is 25.1 Å². The summed E-state index contributed by atoms with van der Waals surface area (Å²) in [6.45, 7) is 2.98. The smallest absolute Gasteiger partial charge is 0.150 e. The van der Waals surface area contributed by atoms with Gasteiger partial charge in [-0.05, 0) is 44.7 Å². The SMILES string of the molecule is CCCS(=O)(=O)CCC1CCCCCC1CNC. The Morgan fingerprint density at radius 2 is 1.72 bits per heavy atom. The molecule has 0 amide bonds. The number of hydrogen-bond donors (Lipinski definition) is 1. The van der Waals surface area contributed by atoms with Crippen LogP contribution in [0.2, 0.25) is 0 Å². The summed E-state index contributed by atoms with van der Waals surface area (Å²) in [5, 5.41) is 3.27. The Bertz CT molecular complexity index is 314. The van der Waals surface area contributed by atoms with Gasteiger partial charge in [0, 0.05) is 5.75 Å². The quantitative estimate of drug-likeness (QED) is 0.727. The van der Waals surface area contributed by atoms with Crippen LogP contribution in [-0.4, -0.2) is 33.5 Å². The molecule has 0 radical (unpaired) electrons. The van der Waals surface area contributed by atoms with Crippen LogP contribution in [0, 0.1) is 11.8 Å². The molecule has 4 heteroatoms. The molecule has 0 aromatic heterocycles. The van der Waals surface area contributed by atoms with Crippen LogP contribution >= 0.6 is 0 Å². The highest BCUT2D eigenvalue weighted by Crippen LogP contribution is 2.31. The summed E-state index contributed by atoms with van der Waals surface area (Å²) < 4.78 is 23.6. The Kier molecular flexibility index (Phi) is 7.23. The molecule has 1 rings (SSSR count). The molecule has 1 aliphatic rings. The fourth-order valence-corrected chi connectivity index (χ4v) is 4.60. The second-order valence-electron chi connectivity index (χ2n) is 5.66. The molecular weight excluding hydrogens is 246 g/mol. The lowest BCUT2D eigenvalue weighted by Crippen LogP contribution is -2.27. The predicted octanol–water partition coefficient (Wildman–Crippen LogP) is 2.62. The van der Waals surface area contributed by atoms with Gasteiger partial charge in [-0.1, -0.05) is 32.6 Å². The summed E-state index contributed by atoms with van der Waals surface area (Å²) in [5.74, 6) is 2.03. The van der Waals surface area contributed by atoms with E-state index in [4.69, 9.17) is 0 Å². The fraction of sp³-hybridized carbons (Fsp3) is 1.00. The van der Waals surface area contributed by atoms with Crippen LogP contribution in [0.25, 0.3) is 0 Å². The van der Waals surface area contributed by atoms with E-state index in [2.05, 4.69) is 5.32 Å². The molecule has 2 unspecified atom stereocenters. The van der Waals surface area contributed by atoms with Gasteiger partial charge in [-0.3, -0.25) is 0 Å². The maximum absolute atomic E-state index is 11.8. The van der Waals surface area contributed by atoms with Crippen molar-refractivity contribution in [3.63, 3.8) is 0 Å². The first-order valence-electron chi connectivity index (χ1n) is 7.44. The zero-order chi connectivity index (χ0) is 13.4. The third-order valence-electron chi connectivity index (χ3n) is 4.10.